The molecule has 3 rings (SSSR count). The number of benzene rings is 3. The highest BCUT2D eigenvalue weighted by Crippen LogP contribution is 2.39. The van der Waals surface area contributed by atoms with Crippen molar-refractivity contribution in [2.75, 3.05) is 12.0 Å². The van der Waals surface area contributed by atoms with Crippen molar-refractivity contribution in [3.8, 4) is 0 Å². The lowest BCUT2D eigenvalue weighted by Gasteiger charge is -2.43. The van der Waals surface area contributed by atoms with Crippen LogP contribution in [0.25, 0.3) is 0 Å². The molecule has 0 radical (unpaired) electrons. The summed E-state index contributed by atoms with van der Waals surface area (Å²) < 4.78 is 18.9. The maximum Gasteiger partial charge on any atom is 0.336 e. The number of methoxy groups -OCH3 is 1. The van der Waals surface area contributed by atoms with Crippen molar-refractivity contribution in [3.63, 3.8) is 0 Å². The van der Waals surface area contributed by atoms with E-state index in [1.807, 2.05) is 65.6 Å². The number of rotatable bonds is 8. The predicted octanol–water partition coefficient (Wildman–Crippen LogP) is 5.48. The summed E-state index contributed by atoms with van der Waals surface area (Å²) in [5, 5.41) is 0. The monoisotopic (exact) mass is 389 g/mol. The van der Waals surface area contributed by atoms with E-state index >= 15 is 0 Å². The van der Waals surface area contributed by atoms with Crippen molar-refractivity contribution >= 4 is 11.7 Å². The van der Waals surface area contributed by atoms with Gasteiger partial charge in [0.1, 0.15) is 5.82 Å². The van der Waals surface area contributed by atoms with E-state index in [2.05, 4.69) is 6.58 Å². The van der Waals surface area contributed by atoms with Crippen molar-refractivity contribution in [1.29, 1.82) is 0 Å². The van der Waals surface area contributed by atoms with Gasteiger partial charge in [-0.05, 0) is 35.4 Å². The lowest BCUT2D eigenvalue weighted by Crippen LogP contribution is -2.52. The third-order valence-corrected chi connectivity index (χ3v) is 5.00. The first-order valence-electron chi connectivity index (χ1n) is 9.44. The van der Waals surface area contributed by atoms with Crippen molar-refractivity contribution in [3.05, 3.63) is 115 Å². The van der Waals surface area contributed by atoms with Gasteiger partial charge in [-0.1, -0.05) is 66.7 Å². The van der Waals surface area contributed by atoms with E-state index in [0.717, 1.165) is 11.3 Å². The molecule has 0 amide bonds. The maximum absolute atomic E-state index is 13.7. The predicted molar refractivity (Wildman–Crippen MR) is 114 cm³/mol. The van der Waals surface area contributed by atoms with Crippen molar-refractivity contribution in [2.45, 2.75) is 18.5 Å². The van der Waals surface area contributed by atoms with Gasteiger partial charge in [0.15, 0.2) is 5.54 Å². The molecular weight excluding hydrogens is 365 g/mol. The topological polar surface area (TPSA) is 29.5 Å². The summed E-state index contributed by atoms with van der Waals surface area (Å²) in [6.45, 7) is 4.34. The molecule has 0 heterocycles. The first-order chi connectivity index (χ1) is 14.1. The van der Waals surface area contributed by atoms with Crippen LogP contribution < -0.4 is 4.90 Å². The molecule has 0 saturated carbocycles. The number of ether oxygens (including phenoxy) is 1. The van der Waals surface area contributed by atoms with Crippen LogP contribution in [0.5, 0.6) is 0 Å². The minimum absolute atomic E-state index is 0.299. The quantitative estimate of drug-likeness (QED) is 0.378. The van der Waals surface area contributed by atoms with Crippen LogP contribution in [0.1, 0.15) is 17.5 Å². The number of carbonyl (C=O) groups is 1. The number of halogens is 1. The molecule has 1 atom stereocenters. The van der Waals surface area contributed by atoms with E-state index in [1.54, 1.807) is 18.2 Å². The second-order valence-electron chi connectivity index (χ2n) is 6.76. The van der Waals surface area contributed by atoms with Crippen LogP contribution in [-0.2, 0) is 21.6 Å². The van der Waals surface area contributed by atoms with Gasteiger partial charge in [0.25, 0.3) is 0 Å². The van der Waals surface area contributed by atoms with Gasteiger partial charge in [0.2, 0.25) is 0 Å². The van der Waals surface area contributed by atoms with Gasteiger partial charge in [0, 0.05) is 18.7 Å². The molecule has 0 bridgehead atoms. The molecule has 3 aromatic rings. The van der Waals surface area contributed by atoms with E-state index in [0.29, 0.717) is 18.5 Å². The Hall–Kier alpha value is -3.40. The molecular formula is C25H24FNO2. The fourth-order valence-corrected chi connectivity index (χ4v) is 3.62. The van der Waals surface area contributed by atoms with E-state index in [1.165, 1.54) is 19.2 Å². The number of esters is 1. The van der Waals surface area contributed by atoms with Gasteiger partial charge in [-0.25, -0.2) is 9.18 Å². The number of hydrogen-bond donors (Lipinski definition) is 0. The number of carbonyl (C=O) groups excluding carboxylic acids is 1. The Morgan fingerprint density at radius 2 is 1.59 bits per heavy atom. The van der Waals surface area contributed by atoms with Gasteiger partial charge >= 0.3 is 5.97 Å². The van der Waals surface area contributed by atoms with E-state index in [4.69, 9.17) is 4.74 Å². The maximum atomic E-state index is 13.7. The highest BCUT2D eigenvalue weighted by atomic mass is 19.1. The summed E-state index contributed by atoms with van der Waals surface area (Å²) in [6, 6.07) is 25.6. The first kappa shape index (κ1) is 20.3. The van der Waals surface area contributed by atoms with Crippen LogP contribution in [0, 0.1) is 5.82 Å². The molecule has 3 aromatic carbocycles. The Morgan fingerprint density at radius 3 is 2.14 bits per heavy atom. The van der Waals surface area contributed by atoms with Crippen molar-refractivity contribution in [1.82, 2.24) is 0 Å². The minimum atomic E-state index is -1.19. The summed E-state index contributed by atoms with van der Waals surface area (Å²) in [7, 11) is 1.37. The third-order valence-electron chi connectivity index (χ3n) is 5.00. The zero-order valence-corrected chi connectivity index (χ0v) is 16.4. The molecule has 29 heavy (non-hydrogen) atoms. The molecule has 0 N–H and O–H groups in total. The number of hydrogen-bond acceptors (Lipinski definition) is 3. The van der Waals surface area contributed by atoms with Crippen molar-refractivity contribution < 1.29 is 13.9 Å². The summed E-state index contributed by atoms with van der Waals surface area (Å²) >= 11 is 0. The van der Waals surface area contributed by atoms with Crippen LogP contribution >= 0.6 is 0 Å². The fourth-order valence-electron chi connectivity index (χ4n) is 3.62. The van der Waals surface area contributed by atoms with Crippen LogP contribution in [-0.4, -0.2) is 13.1 Å². The zero-order chi connectivity index (χ0) is 20.7. The number of para-hydroxylation sites is 1. The van der Waals surface area contributed by atoms with Crippen molar-refractivity contribution in [2.24, 2.45) is 0 Å². The zero-order valence-electron chi connectivity index (χ0n) is 16.4. The fraction of sp³-hybridized carbons (Fsp3) is 0.160. The van der Waals surface area contributed by atoms with Gasteiger partial charge in [0.05, 0.1) is 7.11 Å². The summed E-state index contributed by atoms with van der Waals surface area (Å²) in [6.07, 6.45) is 1.99. The molecule has 0 fully saturated rings. The van der Waals surface area contributed by atoms with Crippen LogP contribution in [0.2, 0.25) is 0 Å². The smallest absolute Gasteiger partial charge is 0.336 e. The average Bonchev–Trinajstić information content (AvgIpc) is 2.77. The van der Waals surface area contributed by atoms with Gasteiger partial charge in [-0.3, -0.25) is 0 Å². The normalized spacial score (nSPS) is 12.6. The van der Waals surface area contributed by atoms with E-state index in [-0.39, 0.29) is 5.82 Å². The largest absolute Gasteiger partial charge is 0.467 e. The lowest BCUT2D eigenvalue weighted by molar-refractivity contribution is -0.147. The Morgan fingerprint density at radius 1 is 1.00 bits per heavy atom. The Balaban J connectivity index is 2.24. The molecule has 0 aliphatic carbocycles. The Kier molecular flexibility index (Phi) is 6.45. The Labute approximate surface area is 171 Å². The second kappa shape index (κ2) is 9.20. The molecule has 0 aliphatic heterocycles. The molecule has 0 saturated heterocycles. The molecule has 3 nitrogen and oxygen atoms in total. The van der Waals surface area contributed by atoms with E-state index in [9.17, 15) is 9.18 Å². The first-order valence-corrected chi connectivity index (χ1v) is 9.44. The SMILES string of the molecule is C=CCC(C(=O)OC)(c1ccc(F)cc1)N(Cc1ccccc1)c1ccccc1. The summed E-state index contributed by atoms with van der Waals surface area (Å²) in [5.41, 5.74) is 1.34. The third kappa shape index (κ3) is 4.21. The molecule has 0 spiro atoms. The van der Waals surface area contributed by atoms with Gasteiger partial charge in [-0.15, -0.1) is 6.58 Å². The van der Waals surface area contributed by atoms with E-state index < -0.39 is 11.5 Å². The average molecular weight is 389 g/mol. The molecule has 0 aliphatic rings. The van der Waals surface area contributed by atoms with Crippen LogP contribution in [0.15, 0.2) is 97.6 Å². The van der Waals surface area contributed by atoms with Gasteiger partial charge < -0.3 is 9.64 Å². The van der Waals surface area contributed by atoms with Gasteiger partial charge in [-0.2, -0.15) is 0 Å². The molecule has 0 aromatic heterocycles. The molecule has 4 heteroatoms. The summed E-state index contributed by atoms with van der Waals surface area (Å²) in [4.78, 5) is 15.3. The second-order valence-corrected chi connectivity index (χ2v) is 6.76. The minimum Gasteiger partial charge on any atom is -0.467 e. The molecule has 1 unspecified atom stereocenters. The lowest BCUT2D eigenvalue weighted by atomic mass is 9.83. The highest BCUT2D eigenvalue weighted by molar-refractivity contribution is 5.87. The van der Waals surface area contributed by atoms with Crippen LogP contribution in [0.4, 0.5) is 10.1 Å². The number of nitrogens with zero attached hydrogens (tertiary/aromatic N) is 1. The standard InChI is InChI=1S/C25H24FNO2/c1-3-18-25(24(28)29-2,21-14-16-22(26)17-15-21)27(23-12-8-5-9-13-23)19-20-10-6-4-7-11-20/h3-17H,1,18-19H2,2H3. The highest BCUT2D eigenvalue weighted by Gasteiger charge is 2.46. The Bertz CT molecular complexity index is 942. The number of anilines is 1. The molecule has 148 valence electrons. The summed E-state index contributed by atoms with van der Waals surface area (Å²) in [5.74, 6) is -0.788. The van der Waals surface area contributed by atoms with Crippen LogP contribution in [0.3, 0.4) is 0 Å².